The van der Waals surface area contributed by atoms with E-state index < -0.39 is 94.1 Å². The summed E-state index contributed by atoms with van der Waals surface area (Å²) in [4.78, 5) is 30.3. The van der Waals surface area contributed by atoms with Crippen LogP contribution in [-0.4, -0.2) is 109 Å². The van der Waals surface area contributed by atoms with Gasteiger partial charge in [0, 0.05) is 53.2 Å². The fourth-order valence-corrected chi connectivity index (χ4v) is 15.9. The van der Waals surface area contributed by atoms with Crippen LogP contribution >= 0.6 is 0 Å². The summed E-state index contributed by atoms with van der Waals surface area (Å²) in [6.07, 6.45) is 13.7. The summed E-state index contributed by atoms with van der Waals surface area (Å²) in [7, 11) is 1.29. The summed E-state index contributed by atoms with van der Waals surface area (Å²) in [5.41, 5.74) is -5.83. The number of aliphatic hydroxyl groups excluding tert-OH is 3. The van der Waals surface area contributed by atoms with Crippen LogP contribution in [0.4, 0.5) is 0 Å². The molecule has 348 valence electrons. The van der Waals surface area contributed by atoms with Crippen molar-refractivity contribution < 1.29 is 58.8 Å². The van der Waals surface area contributed by atoms with E-state index in [0.717, 1.165) is 34.7 Å². The molecule has 3 spiro atoms. The van der Waals surface area contributed by atoms with E-state index >= 15 is 0 Å². The molecule has 0 unspecified atom stereocenters. The smallest absolute Gasteiger partial charge is 0.333 e. The molecule has 13 heteroatoms. The number of H-pyrrole nitrogens is 1. The minimum atomic E-state index is -2.30. The van der Waals surface area contributed by atoms with E-state index in [1.807, 2.05) is 24.3 Å². The van der Waals surface area contributed by atoms with Crippen molar-refractivity contribution in [2.24, 2.45) is 40.4 Å². The topological polar surface area (TPSA) is 197 Å². The van der Waals surface area contributed by atoms with Gasteiger partial charge in [-0.2, -0.15) is 0 Å². The van der Waals surface area contributed by atoms with Gasteiger partial charge in [0.05, 0.1) is 42.6 Å². The van der Waals surface area contributed by atoms with Crippen LogP contribution in [0.5, 0.6) is 0 Å². The molecule has 65 heavy (non-hydrogen) atoms. The third-order valence-corrected chi connectivity index (χ3v) is 19.0. The maximum atomic E-state index is 13.9. The highest BCUT2D eigenvalue weighted by molar-refractivity contribution is 5.90. The number of carbonyl (C=O) groups is 2. The lowest BCUT2D eigenvalue weighted by Crippen LogP contribution is -2.93. The summed E-state index contributed by atoms with van der Waals surface area (Å²) in [5.74, 6) is 2.34. The normalized spacial score (nSPS) is 46.9. The number of esters is 1. The second kappa shape index (κ2) is 14.6. The monoisotopic (exact) mass is 893 g/mol. The Labute approximate surface area is 379 Å². The van der Waals surface area contributed by atoms with E-state index in [0.29, 0.717) is 56.6 Å². The van der Waals surface area contributed by atoms with Crippen molar-refractivity contribution in [3.05, 3.63) is 58.3 Å². The molecule has 0 aromatic carbocycles. The number of aromatic nitrogens is 1. The van der Waals surface area contributed by atoms with Gasteiger partial charge in [-0.25, -0.2) is 4.79 Å². The molecule has 6 heterocycles. The van der Waals surface area contributed by atoms with E-state index in [-0.39, 0.29) is 49.2 Å². The Kier molecular flexibility index (Phi) is 9.59. The zero-order valence-electron chi connectivity index (χ0n) is 37.4. The molecule has 1 aromatic rings. The van der Waals surface area contributed by atoms with E-state index in [2.05, 4.69) is 35.9 Å². The fourth-order valence-electron chi connectivity index (χ4n) is 15.9. The summed E-state index contributed by atoms with van der Waals surface area (Å²) in [6, 6.07) is 2.24. The van der Waals surface area contributed by atoms with Crippen LogP contribution in [0, 0.1) is 52.3 Å². The number of aromatic amines is 1. The predicted octanol–water partition coefficient (Wildman–Crippen LogP) is 3.91. The largest absolute Gasteiger partial charge is 0.481 e. The van der Waals surface area contributed by atoms with E-state index in [1.165, 1.54) is 26.4 Å². The quantitative estimate of drug-likeness (QED) is 0.137. The van der Waals surface area contributed by atoms with E-state index in [1.54, 1.807) is 0 Å². The number of rotatable bonds is 6. The van der Waals surface area contributed by atoms with Gasteiger partial charge in [-0.3, -0.25) is 4.79 Å². The average Bonchev–Trinajstić information content (AvgIpc) is 3.78. The third-order valence-electron chi connectivity index (χ3n) is 19.0. The fraction of sp³-hybridized carbons (Fsp3) is 0.692. The van der Waals surface area contributed by atoms with E-state index in [4.69, 9.17) is 23.7 Å². The Morgan fingerprint density at radius 1 is 1.08 bits per heavy atom. The van der Waals surface area contributed by atoms with Crippen molar-refractivity contribution in [1.29, 1.82) is 0 Å². The van der Waals surface area contributed by atoms with Crippen LogP contribution < -0.4 is 10.6 Å². The number of aliphatic hydroxyl groups is 4. The minimum Gasteiger partial charge on any atom is -0.481 e. The van der Waals surface area contributed by atoms with Crippen LogP contribution in [0.25, 0.3) is 11.3 Å². The number of hydrogen-bond acceptors (Lipinski definition) is 11. The number of methoxy groups -OCH3 is 1. The van der Waals surface area contributed by atoms with Crippen LogP contribution in [-0.2, 0) is 33.3 Å². The maximum Gasteiger partial charge on any atom is 0.333 e. The number of carbonyl (C=O) groups excluding carboxylic acids is 1. The molecule has 1 aromatic heterocycles. The lowest BCUT2D eigenvalue weighted by molar-refractivity contribution is -0.507. The average molecular weight is 894 g/mol. The molecule has 0 radical (unpaired) electrons. The summed E-state index contributed by atoms with van der Waals surface area (Å²) < 4.78 is 36.0. The molecule has 2 saturated heterocycles. The van der Waals surface area contributed by atoms with Crippen LogP contribution in [0.2, 0.25) is 0 Å². The number of ether oxygens (including phenoxy) is 5. The molecule has 3 saturated carbocycles. The maximum absolute atomic E-state index is 13.9. The zero-order valence-corrected chi connectivity index (χ0v) is 37.4. The number of nitrogens with one attached hydrogen (secondary N) is 1. The SMILES string of the molecule is COC(=O)C1=C[C@]23C=C[C@@H]4CC[C@H]2CC=C[C@H]([C@@H]1CC(=O)O)[C@@H]3O[C@@]12O[C@]35[C@@H](CC[C@]3(C#CC[C@@H](CO)CC3=c6[nH]c([C@H](C)C7CCCCC7)cc6=C6CC[C@@]1(O)[C@@H](O)[C@@]65O3)C[C@H]2O)O4. The Bertz CT molecular complexity index is 2490. The van der Waals surface area contributed by atoms with Crippen molar-refractivity contribution in [2.45, 2.75) is 169 Å². The first-order valence-corrected chi connectivity index (χ1v) is 24.6. The first kappa shape index (κ1) is 42.6. The first-order chi connectivity index (χ1) is 31.3. The van der Waals surface area contributed by atoms with Gasteiger partial charge in [-0.15, -0.1) is 5.92 Å². The number of allylic oxidation sites excluding steroid dienone is 1. The lowest BCUT2D eigenvalue weighted by atomic mass is 9.46. The van der Waals surface area contributed by atoms with Crippen LogP contribution in [0.15, 0.2) is 42.0 Å². The van der Waals surface area contributed by atoms with Crippen molar-refractivity contribution in [3.8, 4) is 11.8 Å². The summed E-state index contributed by atoms with van der Waals surface area (Å²) in [6.45, 7) is 2.16. The van der Waals surface area contributed by atoms with E-state index in [9.17, 15) is 35.1 Å². The van der Waals surface area contributed by atoms with Gasteiger partial charge < -0.3 is 54.2 Å². The molecule has 5 aliphatic heterocycles. The van der Waals surface area contributed by atoms with Gasteiger partial charge in [-0.1, -0.05) is 62.5 Å². The molecule has 12 rings (SSSR count). The number of carboxylic acid groups (broad SMARTS) is 1. The Morgan fingerprint density at radius 2 is 1.91 bits per heavy atom. The molecular formula is C52H63NO12. The van der Waals surface area contributed by atoms with Crippen molar-refractivity contribution in [1.82, 2.24) is 4.98 Å². The van der Waals surface area contributed by atoms with Gasteiger partial charge in [0.25, 0.3) is 0 Å². The second-order valence-corrected chi connectivity index (χ2v) is 21.7. The van der Waals surface area contributed by atoms with Crippen LogP contribution in [0.3, 0.4) is 0 Å². The Hall–Kier alpha value is -3.74. The summed E-state index contributed by atoms with van der Waals surface area (Å²) in [5, 5.41) is 63.8. The number of carboxylic acids is 1. The highest BCUT2D eigenvalue weighted by Crippen LogP contribution is 2.75. The molecule has 0 amide bonds. The summed E-state index contributed by atoms with van der Waals surface area (Å²) >= 11 is 0. The molecule has 16 atom stereocenters. The molecule has 11 aliphatic rings. The number of fused-ring (bicyclic) bond motifs is 4. The second-order valence-electron chi connectivity index (χ2n) is 21.7. The molecular weight excluding hydrogens is 831 g/mol. The van der Waals surface area contributed by atoms with Gasteiger partial charge in [0.1, 0.15) is 18.0 Å². The van der Waals surface area contributed by atoms with Crippen LogP contribution in [0.1, 0.15) is 121 Å². The van der Waals surface area contributed by atoms with Gasteiger partial charge in [0.15, 0.2) is 16.8 Å². The van der Waals surface area contributed by atoms with Gasteiger partial charge in [0.2, 0.25) is 5.79 Å². The van der Waals surface area contributed by atoms with Crippen molar-refractivity contribution >= 4 is 23.3 Å². The molecule has 5 fully saturated rings. The highest BCUT2D eigenvalue weighted by Gasteiger charge is 2.91. The van der Waals surface area contributed by atoms with Gasteiger partial charge in [-0.05, 0) is 99.5 Å². The standard InChI is InChI=1S/C52H63NO12/c1-28(30-9-4-3-5-10-30)38-23-35-37-16-21-49(60)46(59)50(37)51-41-17-19-47(51,18-7-8-29(27-54)22-39(63-50)43(35)53-38)26-40(55)52(49,65-51)64-44-33-12-6-11-31-13-14-32(62-41)15-20-48(31,44)25-36(45(58)61-2)34(33)24-42(56)57/h6,12,15,20,23,25,28-34,40-41,44,46,53-55,59-60H,3-5,8-11,13-14,16-17,19,21-22,24,26-27H2,1-2H3,(H,56,57)/t28-,29-,31-,32+,33-,34+,40-,41-,44+,46-,47-,48-,49-,50+,51-,52+/m1/s1. The Balaban J connectivity index is 1.13. The van der Waals surface area contributed by atoms with Gasteiger partial charge >= 0.3 is 11.9 Å². The molecule has 6 N–H and O–H groups in total. The van der Waals surface area contributed by atoms with Crippen molar-refractivity contribution in [3.63, 3.8) is 0 Å². The number of aliphatic carboxylic acids is 1. The zero-order chi connectivity index (χ0) is 44.9. The molecule has 6 aliphatic carbocycles. The molecule has 8 bridgehead atoms. The number of hydrogen-bond donors (Lipinski definition) is 6. The van der Waals surface area contributed by atoms with Crippen molar-refractivity contribution in [2.75, 3.05) is 13.7 Å². The highest BCUT2D eigenvalue weighted by atomic mass is 16.8. The Morgan fingerprint density at radius 3 is 2.69 bits per heavy atom. The first-order valence-electron chi connectivity index (χ1n) is 24.6. The third kappa shape index (κ3) is 5.36. The minimum absolute atomic E-state index is 0.0000820. The molecule has 13 nitrogen and oxygen atoms in total. The lowest BCUT2D eigenvalue weighted by Gasteiger charge is -2.74. The predicted molar refractivity (Wildman–Crippen MR) is 233 cm³/mol.